The zero-order chi connectivity index (χ0) is 20.5. The van der Waals surface area contributed by atoms with Crippen molar-refractivity contribution in [2.75, 3.05) is 20.8 Å². The second kappa shape index (κ2) is 10.0. The largest absolute Gasteiger partial charge is 0.496 e. The molecule has 0 aliphatic rings. The molecule has 0 fully saturated rings. The predicted octanol–water partition coefficient (Wildman–Crippen LogP) is 4.27. The van der Waals surface area contributed by atoms with Gasteiger partial charge in [-0.15, -0.1) is 0 Å². The van der Waals surface area contributed by atoms with Crippen LogP contribution in [-0.2, 0) is 11.4 Å². The fourth-order valence-electron chi connectivity index (χ4n) is 2.52. The molecule has 0 saturated carbocycles. The zero-order valence-electron chi connectivity index (χ0n) is 16.3. The van der Waals surface area contributed by atoms with Crippen LogP contribution < -0.4 is 23.7 Å². The van der Waals surface area contributed by atoms with Gasteiger partial charge in [0, 0.05) is 18.2 Å². The summed E-state index contributed by atoms with van der Waals surface area (Å²) >= 11 is 0. The Morgan fingerprint density at radius 2 is 1.24 bits per heavy atom. The monoisotopic (exact) mass is 394 g/mol. The molecule has 0 heterocycles. The first kappa shape index (κ1) is 20.1. The van der Waals surface area contributed by atoms with Crippen molar-refractivity contribution in [1.29, 1.82) is 0 Å². The molecule has 0 bridgehead atoms. The topological polar surface area (TPSA) is 63.2 Å². The van der Waals surface area contributed by atoms with E-state index in [2.05, 4.69) is 0 Å². The van der Waals surface area contributed by atoms with E-state index < -0.39 is 5.97 Å². The number of benzene rings is 3. The van der Waals surface area contributed by atoms with Gasteiger partial charge >= 0.3 is 5.97 Å². The standard InChI is InChI=1S/C23H22O6/c1-25-20-12-21(26-2)14-22(13-20)29-23(24)16-28-19-10-8-18(9-11-19)27-15-17-6-4-3-5-7-17/h3-14H,15-16H2,1-2H3. The lowest BCUT2D eigenvalue weighted by Gasteiger charge is -2.10. The number of hydrogen-bond acceptors (Lipinski definition) is 6. The molecule has 0 amide bonds. The fourth-order valence-corrected chi connectivity index (χ4v) is 2.52. The molecule has 0 saturated heterocycles. The number of carbonyl (C=O) groups excluding carboxylic acids is 1. The van der Waals surface area contributed by atoms with Crippen LogP contribution in [0.3, 0.4) is 0 Å². The molecule has 0 aliphatic carbocycles. The molecule has 0 aliphatic heterocycles. The third-order valence-electron chi connectivity index (χ3n) is 3.99. The fraction of sp³-hybridized carbons (Fsp3) is 0.174. The van der Waals surface area contributed by atoms with Crippen LogP contribution in [0, 0.1) is 0 Å². The summed E-state index contributed by atoms with van der Waals surface area (Å²) < 4.78 is 26.8. The summed E-state index contributed by atoms with van der Waals surface area (Å²) in [5.41, 5.74) is 1.09. The SMILES string of the molecule is COc1cc(OC)cc(OC(=O)COc2ccc(OCc3ccccc3)cc2)c1. The Hall–Kier alpha value is -3.67. The van der Waals surface area contributed by atoms with Crippen LogP contribution in [0.1, 0.15) is 5.56 Å². The average Bonchev–Trinajstić information content (AvgIpc) is 2.77. The van der Waals surface area contributed by atoms with Crippen LogP contribution >= 0.6 is 0 Å². The van der Waals surface area contributed by atoms with Crippen molar-refractivity contribution >= 4 is 5.97 Å². The normalized spacial score (nSPS) is 10.1. The van der Waals surface area contributed by atoms with Crippen LogP contribution in [0.25, 0.3) is 0 Å². The number of esters is 1. The Balaban J connectivity index is 1.49. The van der Waals surface area contributed by atoms with Gasteiger partial charge in [-0.1, -0.05) is 30.3 Å². The average molecular weight is 394 g/mol. The molecule has 150 valence electrons. The quantitative estimate of drug-likeness (QED) is 0.399. The molecule has 29 heavy (non-hydrogen) atoms. The van der Waals surface area contributed by atoms with E-state index in [1.807, 2.05) is 30.3 Å². The summed E-state index contributed by atoms with van der Waals surface area (Å²) in [6, 6.07) is 21.8. The van der Waals surface area contributed by atoms with Gasteiger partial charge < -0.3 is 23.7 Å². The van der Waals surface area contributed by atoms with Crippen LogP contribution in [0.15, 0.2) is 72.8 Å². The van der Waals surface area contributed by atoms with E-state index in [1.165, 1.54) is 14.2 Å². The highest BCUT2D eigenvalue weighted by Crippen LogP contribution is 2.27. The van der Waals surface area contributed by atoms with Crippen molar-refractivity contribution in [3.8, 4) is 28.7 Å². The molecule has 3 aromatic rings. The van der Waals surface area contributed by atoms with Crippen LogP contribution in [0.5, 0.6) is 28.7 Å². The number of rotatable bonds is 9. The Bertz CT molecular complexity index is 900. The van der Waals surface area contributed by atoms with Gasteiger partial charge in [0.25, 0.3) is 0 Å². The van der Waals surface area contributed by atoms with E-state index in [4.69, 9.17) is 23.7 Å². The molecule has 0 unspecified atom stereocenters. The maximum atomic E-state index is 12.1. The smallest absolute Gasteiger partial charge is 0.349 e. The summed E-state index contributed by atoms with van der Waals surface area (Å²) in [7, 11) is 3.05. The maximum absolute atomic E-state index is 12.1. The first-order chi connectivity index (χ1) is 14.2. The molecule has 0 N–H and O–H groups in total. The van der Waals surface area contributed by atoms with Gasteiger partial charge in [0.15, 0.2) is 6.61 Å². The molecule has 3 aromatic carbocycles. The van der Waals surface area contributed by atoms with Crippen LogP contribution in [0.2, 0.25) is 0 Å². The van der Waals surface area contributed by atoms with E-state index in [9.17, 15) is 4.79 Å². The highest BCUT2D eigenvalue weighted by molar-refractivity contribution is 5.74. The van der Waals surface area contributed by atoms with Gasteiger partial charge in [-0.05, 0) is 29.8 Å². The van der Waals surface area contributed by atoms with Crippen molar-refractivity contribution in [2.24, 2.45) is 0 Å². The number of methoxy groups -OCH3 is 2. The molecule has 0 radical (unpaired) electrons. The summed E-state index contributed by atoms with van der Waals surface area (Å²) in [6.07, 6.45) is 0. The van der Waals surface area contributed by atoms with Crippen molar-refractivity contribution in [1.82, 2.24) is 0 Å². The minimum Gasteiger partial charge on any atom is -0.496 e. The Labute approximate surface area is 169 Å². The Morgan fingerprint density at radius 1 is 0.690 bits per heavy atom. The molecule has 0 atom stereocenters. The third-order valence-corrected chi connectivity index (χ3v) is 3.99. The molecule has 3 rings (SSSR count). The Morgan fingerprint density at radius 3 is 1.83 bits per heavy atom. The molecular weight excluding hydrogens is 372 g/mol. The van der Waals surface area contributed by atoms with Crippen molar-refractivity contribution in [3.05, 3.63) is 78.4 Å². The number of ether oxygens (including phenoxy) is 5. The minimum atomic E-state index is -0.537. The minimum absolute atomic E-state index is 0.232. The summed E-state index contributed by atoms with van der Waals surface area (Å²) in [4.78, 5) is 12.1. The van der Waals surface area contributed by atoms with Gasteiger partial charge in [-0.2, -0.15) is 0 Å². The van der Waals surface area contributed by atoms with Gasteiger partial charge in [-0.25, -0.2) is 4.79 Å². The maximum Gasteiger partial charge on any atom is 0.349 e. The first-order valence-corrected chi connectivity index (χ1v) is 8.99. The lowest BCUT2D eigenvalue weighted by molar-refractivity contribution is -0.136. The predicted molar refractivity (Wildman–Crippen MR) is 108 cm³/mol. The van der Waals surface area contributed by atoms with Gasteiger partial charge in [0.1, 0.15) is 35.4 Å². The molecule has 6 heteroatoms. The summed E-state index contributed by atoms with van der Waals surface area (Å²) in [5, 5.41) is 0. The molecule has 0 spiro atoms. The van der Waals surface area contributed by atoms with Crippen molar-refractivity contribution in [2.45, 2.75) is 6.61 Å². The summed E-state index contributed by atoms with van der Waals surface area (Å²) in [6.45, 7) is 0.251. The first-order valence-electron chi connectivity index (χ1n) is 8.99. The van der Waals surface area contributed by atoms with Crippen LogP contribution in [0.4, 0.5) is 0 Å². The molecular formula is C23H22O6. The van der Waals surface area contributed by atoms with Gasteiger partial charge in [0.05, 0.1) is 14.2 Å². The molecule has 0 aromatic heterocycles. The van der Waals surface area contributed by atoms with Crippen LogP contribution in [-0.4, -0.2) is 26.8 Å². The third kappa shape index (κ3) is 6.17. The van der Waals surface area contributed by atoms with E-state index in [-0.39, 0.29) is 6.61 Å². The van der Waals surface area contributed by atoms with E-state index in [0.29, 0.717) is 35.4 Å². The summed E-state index contributed by atoms with van der Waals surface area (Å²) in [5.74, 6) is 2.09. The lowest BCUT2D eigenvalue weighted by atomic mass is 10.2. The number of carbonyl (C=O) groups is 1. The van der Waals surface area contributed by atoms with E-state index in [0.717, 1.165) is 5.56 Å². The Kier molecular flexibility index (Phi) is 6.95. The second-order valence-corrected chi connectivity index (χ2v) is 6.06. The number of hydrogen-bond donors (Lipinski definition) is 0. The van der Waals surface area contributed by atoms with Crippen molar-refractivity contribution in [3.63, 3.8) is 0 Å². The van der Waals surface area contributed by atoms with Crippen molar-refractivity contribution < 1.29 is 28.5 Å². The van der Waals surface area contributed by atoms with E-state index in [1.54, 1.807) is 42.5 Å². The van der Waals surface area contributed by atoms with Gasteiger partial charge in [0.2, 0.25) is 0 Å². The highest BCUT2D eigenvalue weighted by atomic mass is 16.6. The van der Waals surface area contributed by atoms with Gasteiger partial charge in [-0.3, -0.25) is 0 Å². The zero-order valence-corrected chi connectivity index (χ0v) is 16.3. The second-order valence-electron chi connectivity index (χ2n) is 6.06. The lowest BCUT2D eigenvalue weighted by Crippen LogP contribution is -2.17. The van der Waals surface area contributed by atoms with E-state index >= 15 is 0 Å². The highest BCUT2D eigenvalue weighted by Gasteiger charge is 2.09. The molecule has 6 nitrogen and oxygen atoms in total.